The van der Waals surface area contributed by atoms with Gasteiger partial charge in [0.05, 0.1) is 0 Å². The molecule has 0 spiro atoms. The van der Waals surface area contributed by atoms with Gasteiger partial charge in [0.1, 0.15) is 5.83 Å². The standard InChI is InChI=1S/C22H26F2/c1-3-5-6-8-21(23)22(24)20-15-13-19(14-16-20)18-11-9-17(7-4-2)10-12-18/h9-16H,3-8H2,1-2H3/b22-21-. The van der Waals surface area contributed by atoms with Gasteiger partial charge >= 0.3 is 0 Å². The summed E-state index contributed by atoms with van der Waals surface area (Å²) < 4.78 is 28.0. The van der Waals surface area contributed by atoms with Crippen LogP contribution in [-0.4, -0.2) is 0 Å². The van der Waals surface area contributed by atoms with Crippen LogP contribution in [0.5, 0.6) is 0 Å². The van der Waals surface area contributed by atoms with Crippen LogP contribution < -0.4 is 0 Å². The minimum atomic E-state index is -0.726. The Morgan fingerprint density at radius 3 is 1.88 bits per heavy atom. The van der Waals surface area contributed by atoms with Crippen molar-refractivity contribution in [2.24, 2.45) is 0 Å². The minimum Gasteiger partial charge on any atom is -0.209 e. The van der Waals surface area contributed by atoms with Crippen LogP contribution in [0.3, 0.4) is 0 Å². The second-order valence-electron chi connectivity index (χ2n) is 6.20. The molecular formula is C22H26F2. The SMILES string of the molecule is CCCCC/C(F)=C(/F)c1ccc(-c2ccc(CCC)cc2)cc1. The van der Waals surface area contributed by atoms with Crippen LogP contribution in [0.4, 0.5) is 8.78 Å². The molecule has 0 amide bonds. The van der Waals surface area contributed by atoms with Gasteiger partial charge in [-0.1, -0.05) is 81.6 Å². The van der Waals surface area contributed by atoms with E-state index in [9.17, 15) is 8.78 Å². The third-order valence-corrected chi connectivity index (χ3v) is 4.20. The van der Waals surface area contributed by atoms with Crippen molar-refractivity contribution in [2.75, 3.05) is 0 Å². The van der Waals surface area contributed by atoms with E-state index in [1.54, 1.807) is 12.1 Å². The predicted octanol–water partition coefficient (Wildman–Crippen LogP) is 7.49. The number of benzene rings is 2. The van der Waals surface area contributed by atoms with Gasteiger partial charge in [0.25, 0.3) is 0 Å². The van der Waals surface area contributed by atoms with Crippen LogP contribution in [-0.2, 0) is 6.42 Å². The molecule has 0 aliphatic rings. The molecule has 0 fully saturated rings. The number of unbranched alkanes of at least 4 members (excludes halogenated alkanes) is 2. The molecule has 0 radical (unpaired) electrons. The number of hydrogen-bond acceptors (Lipinski definition) is 0. The maximum absolute atomic E-state index is 14.1. The van der Waals surface area contributed by atoms with Crippen molar-refractivity contribution in [1.82, 2.24) is 0 Å². The molecule has 2 aromatic rings. The molecule has 0 saturated heterocycles. The molecule has 2 heteroatoms. The van der Waals surface area contributed by atoms with Gasteiger partial charge in [-0.15, -0.1) is 0 Å². The number of hydrogen-bond donors (Lipinski definition) is 0. The maximum atomic E-state index is 14.1. The normalized spacial score (nSPS) is 12.2. The van der Waals surface area contributed by atoms with E-state index in [-0.39, 0.29) is 6.42 Å². The van der Waals surface area contributed by atoms with Crippen molar-refractivity contribution in [2.45, 2.75) is 52.4 Å². The minimum absolute atomic E-state index is 0.181. The zero-order chi connectivity index (χ0) is 17.4. The van der Waals surface area contributed by atoms with Crippen molar-refractivity contribution in [3.8, 4) is 11.1 Å². The average molecular weight is 328 g/mol. The first-order chi connectivity index (χ1) is 11.7. The first-order valence-electron chi connectivity index (χ1n) is 8.89. The molecule has 2 rings (SSSR count). The summed E-state index contributed by atoms with van der Waals surface area (Å²) in [7, 11) is 0. The fourth-order valence-electron chi connectivity index (χ4n) is 2.76. The second kappa shape index (κ2) is 9.36. The first kappa shape index (κ1) is 18.4. The van der Waals surface area contributed by atoms with Crippen LogP contribution in [0.1, 0.15) is 57.1 Å². The topological polar surface area (TPSA) is 0 Å². The second-order valence-corrected chi connectivity index (χ2v) is 6.20. The summed E-state index contributed by atoms with van der Waals surface area (Å²) in [5, 5.41) is 0. The zero-order valence-corrected chi connectivity index (χ0v) is 14.6. The van der Waals surface area contributed by atoms with E-state index >= 15 is 0 Å². The zero-order valence-electron chi connectivity index (χ0n) is 14.6. The van der Waals surface area contributed by atoms with Gasteiger partial charge in [-0.2, -0.15) is 0 Å². The van der Waals surface area contributed by atoms with E-state index in [2.05, 4.69) is 31.2 Å². The van der Waals surface area contributed by atoms with Crippen LogP contribution in [0, 0.1) is 0 Å². The monoisotopic (exact) mass is 328 g/mol. The quantitative estimate of drug-likeness (QED) is 0.440. The lowest BCUT2D eigenvalue weighted by atomic mass is 10.0. The van der Waals surface area contributed by atoms with Crippen molar-refractivity contribution in [3.05, 3.63) is 65.5 Å². The van der Waals surface area contributed by atoms with Crippen LogP contribution in [0.15, 0.2) is 54.4 Å². The third kappa shape index (κ3) is 5.02. The lowest BCUT2D eigenvalue weighted by Gasteiger charge is -2.06. The summed E-state index contributed by atoms with van der Waals surface area (Å²) in [6.07, 6.45) is 5.00. The van der Waals surface area contributed by atoms with Gasteiger partial charge < -0.3 is 0 Å². The fourth-order valence-corrected chi connectivity index (χ4v) is 2.76. The Balaban J connectivity index is 2.10. The summed E-state index contributed by atoms with van der Waals surface area (Å²) >= 11 is 0. The predicted molar refractivity (Wildman–Crippen MR) is 99.2 cm³/mol. The number of aryl methyl sites for hydroxylation is 1. The highest BCUT2D eigenvalue weighted by Crippen LogP contribution is 2.27. The summed E-state index contributed by atoms with van der Waals surface area (Å²) in [6, 6.07) is 15.4. The molecule has 2 aromatic carbocycles. The van der Waals surface area contributed by atoms with Crippen LogP contribution >= 0.6 is 0 Å². The Kier molecular flexibility index (Phi) is 7.17. The van der Waals surface area contributed by atoms with Crippen LogP contribution in [0.25, 0.3) is 17.0 Å². The largest absolute Gasteiger partial charge is 0.209 e. The summed E-state index contributed by atoms with van der Waals surface area (Å²) in [6.45, 7) is 4.21. The Hall–Kier alpha value is -1.96. The number of halogens is 2. The van der Waals surface area contributed by atoms with E-state index in [1.165, 1.54) is 5.56 Å². The molecule has 0 saturated carbocycles. The van der Waals surface area contributed by atoms with Crippen molar-refractivity contribution < 1.29 is 8.78 Å². The average Bonchev–Trinajstić information content (AvgIpc) is 2.62. The summed E-state index contributed by atoms with van der Waals surface area (Å²) in [5.41, 5.74) is 3.74. The summed E-state index contributed by atoms with van der Waals surface area (Å²) in [5.74, 6) is -1.36. The van der Waals surface area contributed by atoms with Gasteiger partial charge in [-0.25, -0.2) is 8.78 Å². The highest BCUT2D eigenvalue weighted by molar-refractivity contribution is 5.68. The van der Waals surface area contributed by atoms with Crippen molar-refractivity contribution >= 4 is 5.83 Å². The van der Waals surface area contributed by atoms with Gasteiger partial charge in [0.15, 0.2) is 5.83 Å². The molecule has 0 unspecified atom stereocenters. The Morgan fingerprint density at radius 1 is 0.750 bits per heavy atom. The molecule has 0 heterocycles. The van der Waals surface area contributed by atoms with Gasteiger partial charge in [0.2, 0.25) is 0 Å². The lowest BCUT2D eigenvalue weighted by Crippen LogP contribution is -1.86. The Bertz CT molecular complexity index is 651. The molecular weight excluding hydrogens is 302 g/mol. The van der Waals surface area contributed by atoms with E-state index < -0.39 is 11.7 Å². The van der Waals surface area contributed by atoms with Crippen LogP contribution in [0.2, 0.25) is 0 Å². The number of rotatable bonds is 8. The Labute approximate surface area is 144 Å². The molecule has 0 atom stereocenters. The smallest absolute Gasteiger partial charge is 0.161 e. The van der Waals surface area contributed by atoms with Gasteiger partial charge in [-0.05, 0) is 29.5 Å². The van der Waals surface area contributed by atoms with E-state index in [0.29, 0.717) is 12.0 Å². The van der Waals surface area contributed by atoms with E-state index in [1.807, 2.05) is 19.1 Å². The van der Waals surface area contributed by atoms with Gasteiger partial charge in [0, 0.05) is 12.0 Å². The molecule has 0 aliphatic heterocycles. The fraction of sp³-hybridized carbons (Fsp3) is 0.364. The molecule has 0 aromatic heterocycles. The molecule has 0 aliphatic carbocycles. The summed E-state index contributed by atoms with van der Waals surface area (Å²) in [4.78, 5) is 0. The Morgan fingerprint density at radius 2 is 1.33 bits per heavy atom. The molecule has 24 heavy (non-hydrogen) atoms. The van der Waals surface area contributed by atoms with Crippen molar-refractivity contribution in [3.63, 3.8) is 0 Å². The highest BCUT2D eigenvalue weighted by Gasteiger charge is 2.09. The molecule has 0 bridgehead atoms. The number of allylic oxidation sites excluding steroid dienone is 1. The van der Waals surface area contributed by atoms with E-state index in [0.717, 1.165) is 36.8 Å². The van der Waals surface area contributed by atoms with Crippen molar-refractivity contribution in [1.29, 1.82) is 0 Å². The molecule has 0 nitrogen and oxygen atoms in total. The maximum Gasteiger partial charge on any atom is 0.161 e. The molecule has 128 valence electrons. The van der Waals surface area contributed by atoms with E-state index in [4.69, 9.17) is 0 Å². The third-order valence-electron chi connectivity index (χ3n) is 4.20. The highest BCUT2D eigenvalue weighted by atomic mass is 19.2. The lowest BCUT2D eigenvalue weighted by molar-refractivity contribution is 0.541. The van der Waals surface area contributed by atoms with Gasteiger partial charge in [-0.3, -0.25) is 0 Å². The molecule has 0 N–H and O–H groups in total. The first-order valence-corrected chi connectivity index (χ1v) is 8.89.